The van der Waals surface area contributed by atoms with E-state index in [2.05, 4.69) is 0 Å². The maximum Gasteiger partial charge on any atom is 0.174 e. The summed E-state index contributed by atoms with van der Waals surface area (Å²) in [4.78, 5) is 0. The van der Waals surface area contributed by atoms with Crippen LogP contribution in [0.25, 0.3) is 0 Å². The molecule has 0 N–H and O–H groups in total. The zero-order valence-corrected chi connectivity index (χ0v) is 9.57. The van der Waals surface area contributed by atoms with Crippen LogP contribution in [0.3, 0.4) is 0 Å². The average molecular weight is 217 g/mol. The molecule has 0 aliphatic carbocycles. The molecule has 0 radical (unpaired) electrons. The number of halogens is 2. The summed E-state index contributed by atoms with van der Waals surface area (Å²) in [6.45, 7) is 7.37. The number of benzene rings is 1. The first kappa shape index (κ1) is 11.3. The summed E-state index contributed by atoms with van der Waals surface area (Å²) in [5, 5.41) is 0.347. The first-order chi connectivity index (χ1) is 6.31. The third-order valence-electron chi connectivity index (χ3n) is 1.65. The monoisotopic (exact) mass is 216 g/mol. The third kappa shape index (κ3) is 2.61. The number of ether oxygens (including phenoxy) is 1. The molecule has 0 saturated carbocycles. The lowest BCUT2D eigenvalue weighted by molar-refractivity contribution is 0.124. The van der Waals surface area contributed by atoms with E-state index >= 15 is 0 Å². The summed E-state index contributed by atoms with van der Waals surface area (Å²) in [6, 6.07) is 3.00. The highest BCUT2D eigenvalue weighted by Crippen LogP contribution is 2.33. The van der Waals surface area contributed by atoms with Gasteiger partial charge in [-0.1, -0.05) is 17.7 Å². The Morgan fingerprint density at radius 2 is 1.86 bits per heavy atom. The van der Waals surface area contributed by atoms with Crippen LogP contribution in [0.4, 0.5) is 4.39 Å². The Morgan fingerprint density at radius 3 is 2.36 bits per heavy atom. The number of hydrogen-bond donors (Lipinski definition) is 0. The highest BCUT2D eigenvalue weighted by molar-refractivity contribution is 6.32. The first-order valence-corrected chi connectivity index (χ1v) is 4.82. The van der Waals surface area contributed by atoms with Gasteiger partial charge in [0.2, 0.25) is 0 Å². The van der Waals surface area contributed by atoms with Gasteiger partial charge in [-0.25, -0.2) is 4.39 Å². The third-order valence-corrected chi connectivity index (χ3v) is 2.12. The van der Waals surface area contributed by atoms with Crippen molar-refractivity contribution in [1.29, 1.82) is 0 Å². The summed E-state index contributed by atoms with van der Waals surface area (Å²) in [5.74, 6) is -0.283. The normalized spacial score (nSPS) is 11.6. The van der Waals surface area contributed by atoms with Crippen molar-refractivity contribution in [3.8, 4) is 5.75 Å². The molecular formula is C11H14ClFO. The molecule has 0 aliphatic rings. The van der Waals surface area contributed by atoms with Gasteiger partial charge in [0.1, 0.15) is 5.60 Å². The van der Waals surface area contributed by atoms with E-state index in [-0.39, 0.29) is 5.75 Å². The lowest BCUT2D eigenvalue weighted by Crippen LogP contribution is -2.23. The van der Waals surface area contributed by atoms with Gasteiger partial charge in [0.15, 0.2) is 11.6 Å². The van der Waals surface area contributed by atoms with Crippen molar-refractivity contribution in [1.82, 2.24) is 0 Å². The van der Waals surface area contributed by atoms with Crippen molar-refractivity contribution < 1.29 is 9.13 Å². The van der Waals surface area contributed by atoms with Crippen LogP contribution in [0.5, 0.6) is 5.75 Å². The first-order valence-electron chi connectivity index (χ1n) is 4.45. The van der Waals surface area contributed by atoms with Crippen LogP contribution in [-0.2, 0) is 0 Å². The Bertz CT molecular complexity index is 342. The molecule has 1 rings (SSSR count). The van der Waals surface area contributed by atoms with E-state index in [1.54, 1.807) is 6.07 Å². The minimum atomic E-state index is -0.446. The summed E-state index contributed by atoms with van der Waals surface area (Å²) >= 11 is 5.94. The smallest absolute Gasteiger partial charge is 0.174 e. The lowest BCUT2D eigenvalue weighted by Gasteiger charge is -2.22. The van der Waals surface area contributed by atoms with Crippen LogP contribution < -0.4 is 4.74 Å². The van der Waals surface area contributed by atoms with Gasteiger partial charge in [-0.3, -0.25) is 0 Å². The van der Waals surface area contributed by atoms with E-state index in [1.165, 1.54) is 6.07 Å². The zero-order chi connectivity index (χ0) is 10.9. The summed E-state index contributed by atoms with van der Waals surface area (Å²) in [5.41, 5.74) is 0.366. The Hall–Kier alpha value is -0.760. The van der Waals surface area contributed by atoms with Crippen molar-refractivity contribution in [2.45, 2.75) is 33.3 Å². The minimum absolute atomic E-state index is 0.138. The van der Waals surface area contributed by atoms with Gasteiger partial charge in [-0.2, -0.15) is 0 Å². The van der Waals surface area contributed by atoms with E-state index in [4.69, 9.17) is 16.3 Å². The minimum Gasteiger partial charge on any atom is -0.483 e. The van der Waals surface area contributed by atoms with Crippen LogP contribution in [0.15, 0.2) is 12.1 Å². The Kier molecular flexibility index (Phi) is 3.05. The van der Waals surface area contributed by atoms with Gasteiger partial charge in [0, 0.05) is 0 Å². The molecule has 0 aliphatic heterocycles. The van der Waals surface area contributed by atoms with Gasteiger partial charge in [-0.15, -0.1) is 0 Å². The van der Waals surface area contributed by atoms with Gasteiger partial charge >= 0.3 is 0 Å². The van der Waals surface area contributed by atoms with Crippen molar-refractivity contribution in [2.75, 3.05) is 0 Å². The highest BCUT2D eigenvalue weighted by Gasteiger charge is 2.18. The molecule has 1 nitrogen and oxygen atoms in total. The molecule has 3 heteroatoms. The highest BCUT2D eigenvalue weighted by atomic mass is 35.5. The fourth-order valence-electron chi connectivity index (χ4n) is 1.03. The molecule has 0 atom stereocenters. The maximum absolute atomic E-state index is 13.4. The van der Waals surface area contributed by atoms with E-state index in [1.807, 2.05) is 27.7 Å². The fourth-order valence-corrected chi connectivity index (χ4v) is 1.22. The van der Waals surface area contributed by atoms with Crippen molar-refractivity contribution in [3.05, 3.63) is 28.5 Å². The molecule has 78 valence electrons. The van der Waals surface area contributed by atoms with Crippen molar-refractivity contribution in [2.24, 2.45) is 0 Å². The largest absolute Gasteiger partial charge is 0.483 e. The van der Waals surface area contributed by atoms with Gasteiger partial charge < -0.3 is 4.74 Å². The predicted molar refractivity (Wildman–Crippen MR) is 56.5 cm³/mol. The second-order valence-electron chi connectivity index (χ2n) is 4.22. The maximum atomic E-state index is 13.4. The van der Waals surface area contributed by atoms with E-state index < -0.39 is 11.4 Å². The second kappa shape index (κ2) is 3.77. The molecule has 0 saturated heterocycles. The molecule has 0 spiro atoms. The Morgan fingerprint density at radius 1 is 1.29 bits per heavy atom. The molecular weight excluding hydrogens is 203 g/mol. The predicted octanol–water partition coefficient (Wildman–Crippen LogP) is 3.96. The van der Waals surface area contributed by atoms with Crippen LogP contribution >= 0.6 is 11.6 Å². The van der Waals surface area contributed by atoms with Gasteiger partial charge in [-0.05, 0) is 39.3 Å². The summed E-state index contributed by atoms with van der Waals surface area (Å²) in [6.07, 6.45) is 0. The molecule has 1 aromatic carbocycles. The van der Waals surface area contributed by atoms with Crippen LogP contribution in [0.1, 0.15) is 26.3 Å². The number of rotatable bonds is 1. The molecule has 0 heterocycles. The van der Waals surface area contributed by atoms with E-state index in [0.29, 0.717) is 5.02 Å². The summed E-state index contributed by atoms with van der Waals surface area (Å²) < 4.78 is 18.8. The molecule has 0 fully saturated rings. The lowest BCUT2D eigenvalue weighted by atomic mass is 10.1. The topological polar surface area (TPSA) is 9.23 Å². The molecule has 1 aromatic rings. The second-order valence-corrected chi connectivity index (χ2v) is 4.60. The van der Waals surface area contributed by atoms with E-state index in [9.17, 15) is 4.39 Å². The number of aryl methyl sites for hydroxylation is 1. The molecule has 0 unspecified atom stereocenters. The molecule has 0 amide bonds. The van der Waals surface area contributed by atoms with Gasteiger partial charge in [0.05, 0.1) is 5.02 Å². The van der Waals surface area contributed by atoms with Crippen LogP contribution in [0.2, 0.25) is 5.02 Å². The average Bonchev–Trinajstić information content (AvgIpc) is 2.04. The standard InChI is InChI=1S/C11H14ClFO/c1-7-5-6-8(13)10(9(7)12)14-11(2,3)4/h5-6H,1-4H3. The summed E-state index contributed by atoms with van der Waals surface area (Å²) in [7, 11) is 0. The van der Waals surface area contributed by atoms with Crippen molar-refractivity contribution >= 4 is 11.6 Å². The van der Waals surface area contributed by atoms with Crippen LogP contribution in [-0.4, -0.2) is 5.60 Å². The zero-order valence-electron chi connectivity index (χ0n) is 8.82. The van der Waals surface area contributed by atoms with E-state index in [0.717, 1.165) is 5.56 Å². The van der Waals surface area contributed by atoms with Crippen LogP contribution in [0, 0.1) is 12.7 Å². The fraction of sp³-hybridized carbons (Fsp3) is 0.455. The molecule has 0 bridgehead atoms. The van der Waals surface area contributed by atoms with Crippen molar-refractivity contribution in [3.63, 3.8) is 0 Å². The Balaban J connectivity index is 3.13. The molecule has 14 heavy (non-hydrogen) atoms. The van der Waals surface area contributed by atoms with Gasteiger partial charge in [0.25, 0.3) is 0 Å². The Labute approximate surface area is 88.8 Å². The molecule has 0 aromatic heterocycles. The SMILES string of the molecule is Cc1ccc(F)c(OC(C)(C)C)c1Cl. The quantitative estimate of drug-likeness (QED) is 0.691. The number of hydrogen-bond acceptors (Lipinski definition) is 1.